The van der Waals surface area contributed by atoms with E-state index < -0.39 is 0 Å². The monoisotopic (exact) mass is 300 g/mol. The Bertz CT molecular complexity index is 820. The van der Waals surface area contributed by atoms with Crippen LogP contribution in [0.2, 0.25) is 5.15 Å². The van der Waals surface area contributed by atoms with E-state index in [1.807, 2.05) is 24.3 Å². The van der Waals surface area contributed by atoms with Crippen molar-refractivity contribution >= 4 is 34.4 Å². The zero-order valence-corrected chi connectivity index (χ0v) is 11.5. The minimum atomic E-state index is -0.338. The van der Waals surface area contributed by atoms with Crippen molar-refractivity contribution in [2.45, 2.75) is 0 Å². The third kappa shape index (κ3) is 2.83. The van der Waals surface area contributed by atoms with Gasteiger partial charge in [-0.25, -0.2) is 4.39 Å². The number of aromatic nitrogens is 2. The molecule has 0 fully saturated rings. The quantitative estimate of drug-likeness (QED) is 0.590. The van der Waals surface area contributed by atoms with Crippen LogP contribution in [0.15, 0.2) is 53.6 Å². The number of fused-ring (bicyclic) bond motifs is 1. The SMILES string of the molecule is Fc1ccccc1/C=N/Nc1nnc(Cl)c2ccccc12. The molecule has 0 unspecified atom stereocenters. The zero-order valence-electron chi connectivity index (χ0n) is 10.8. The van der Waals surface area contributed by atoms with Gasteiger partial charge in [0.15, 0.2) is 11.0 Å². The van der Waals surface area contributed by atoms with Gasteiger partial charge >= 0.3 is 0 Å². The van der Waals surface area contributed by atoms with Crippen LogP contribution in [0, 0.1) is 5.82 Å². The number of nitrogens with zero attached hydrogens (tertiary/aromatic N) is 3. The Morgan fingerprint density at radius 1 is 1.00 bits per heavy atom. The maximum absolute atomic E-state index is 13.5. The minimum Gasteiger partial charge on any atom is -0.259 e. The average molecular weight is 301 g/mol. The van der Waals surface area contributed by atoms with Gasteiger partial charge in [-0.1, -0.05) is 54.1 Å². The summed E-state index contributed by atoms with van der Waals surface area (Å²) in [5.41, 5.74) is 3.15. The predicted octanol–water partition coefficient (Wildman–Crippen LogP) is 3.87. The van der Waals surface area contributed by atoms with Crippen LogP contribution in [0.4, 0.5) is 10.2 Å². The fraction of sp³-hybridized carbons (Fsp3) is 0. The maximum Gasteiger partial charge on any atom is 0.176 e. The first-order valence-corrected chi connectivity index (χ1v) is 6.58. The Morgan fingerprint density at radius 3 is 2.52 bits per heavy atom. The first-order valence-electron chi connectivity index (χ1n) is 6.20. The molecular weight excluding hydrogens is 291 g/mol. The van der Waals surface area contributed by atoms with Crippen molar-refractivity contribution in [1.29, 1.82) is 0 Å². The van der Waals surface area contributed by atoms with Crippen LogP contribution in [-0.2, 0) is 0 Å². The molecule has 0 amide bonds. The number of hydrazone groups is 1. The Kier molecular flexibility index (Phi) is 3.75. The van der Waals surface area contributed by atoms with E-state index in [4.69, 9.17) is 11.6 Å². The fourth-order valence-corrected chi connectivity index (χ4v) is 2.10. The van der Waals surface area contributed by atoms with Crippen LogP contribution in [0.1, 0.15) is 5.56 Å². The van der Waals surface area contributed by atoms with E-state index in [1.54, 1.807) is 18.2 Å². The van der Waals surface area contributed by atoms with Crippen LogP contribution < -0.4 is 5.43 Å². The highest BCUT2D eigenvalue weighted by atomic mass is 35.5. The van der Waals surface area contributed by atoms with Crippen molar-refractivity contribution in [3.05, 3.63) is 65.1 Å². The maximum atomic E-state index is 13.5. The van der Waals surface area contributed by atoms with Crippen molar-refractivity contribution in [3.8, 4) is 0 Å². The summed E-state index contributed by atoms with van der Waals surface area (Å²) in [6, 6.07) is 13.8. The van der Waals surface area contributed by atoms with Gasteiger partial charge < -0.3 is 0 Å². The molecule has 0 atom stereocenters. The topological polar surface area (TPSA) is 50.2 Å². The van der Waals surface area contributed by atoms with Gasteiger partial charge in [-0.2, -0.15) is 5.10 Å². The van der Waals surface area contributed by atoms with Crippen LogP contribution in [-0.4, -0.2) is 16.4 Å². The first-order chi connectivity index (χ1) is 10.3. The molecule has 104 valence electrons. The van der Waals surface area contributed by atoms with E-state index in [0.29, 0.717) is 16.5 Å². The van der Waals surface area contributed by atoms with Crippen LogP contribution in [0.5, 0.6) is 0 Å². The largest absolute Gasteiger partial charge is 0.259 e. The highest BCUT2D eigenvalue weighted by Gasteiger charge is 2.06. The van der Waals surface area contributed by atoms with Gasteiger partial charge in [0.2, 0.25) is 0 Å². The molecule has 0 aliphatic heterocycles. The highest BCUT2D eigenvalue weighted by molar-refractivity contribution is 6.34. The van der Waals surface area contributed by atoms with Crippen molar-refractivity contribution in [2.24, 2.45) is 5.10 Å². The number of anilines is 1. The lowest BCUT2D eigenvalue weighted by Crippen LogP contribution is -1.98. The summed E-state index contributed by atoms with van der Waals surface area (Å²) < 4.78 is 13.5. The smallest absolute Gasteiger partial charge is 0.176 e. The molecule has 1 heterocycles. The molecule has 0 spiro atoms. The van der Waals surface area contributed by atoms with Gasteiger partial charge in [0, 0.05) is 16.3 Å². The lowest BCUT2D eigenvalue weighted by molar-refractivity contribution is 0.626. The molecule has 1 N–H and O–H groups in total. The van der Waals surface area contributed by atoms with Gasteiger partial charge in [0.05, 0.1) is 6.21 Å². The lowest BCUT2D eigenvalue weighted by Gasteiger charge is -2.04. The molecule has 0 bridgehead atoms. The molecule has 4 nitrogen and oxygen atoms in total. The third-order valence-corrected chi connectivity index (χ3v) is 3.20. The summed E-state index contributed by atoms with van der Waals surface area (Å²) in [4.78, 5) is 0. The second kappa shape index (κ2) is 5.85. The molecule has 3 rings (SSSR count). The Balaban J connectivity index is 1.89. The average Bonchev–Trinajstić information content (AvgIpc) is 2.52. The van der Waals surface area contributed by atoms with Crippen molar-refractivity contribution in [3.63, 3.8) is 0 Å². The van der Waals surface area contributed by atoms with Crippen LogP contribution in [0.3, 0.4) is 0 Å². The molecule has 3 aromatic rings. The van der Waals surface area contributed by atoms with Crippen LogP contribution in [0.25, 0.3) is 10.8 Å². The molecule has 0 saturated carbocycles. The van der Waals surface area contributed by atoms with E-state index in [0.717, 1.165) is 10.8 Å². The molecule has 2 aromatic carbocycles. The van der Waals surface area contributed by atoms with Gasteiger partial charge in [-0.3, -0.25) is 5.43 Å². The number of hydrogen-bond donors (Lipinski definition) is 1. The minimum absolute atomic E-state index is 0.328. The van der Waals surface area contributed by atoms with Crippen molar-refractivity contribution < 1.29 is 4.39 Å². The van der Waals surface area contributed by atoms with E-state index in [2.05, 4.69) is 20.7 Å². The lowest BCUT2D eigenvalue weighted by atomic mass is 10.2. The number of nitrogens with one attached hydrogen (secondary N) is 1. The molecule has 0 aliphatic carbocycles. The molecule has 21 heavy (non-hydrogen) atoms. The summed E-state index contributed by atoms with van der Waals surface area (Å²) >= 11 is 5.99. The standard InChI is InChI=1S/C15H10ClFN4/c16-14-11-6-2-3-7-12(11)15(21-19-14)20-18-9-10-5-1-4-8-13(10)17/h1-9H,(H,20,21)/b18-9+. The summed E-state index contributed by atoms with van der Waals surface area (Å²) in [5, 5.41) is 13.7. The molecule has 6 heteroatoms. The fourth-order valence-electron chi connectivity index (χ4n) is 1.90. The van der Waals surface area contributed by atoms with Gasteiger partial charge in [-0.05, 0) is 6.07 Å². The Labute approximate surface area is 125 Å². The summed E-state index contributed by atoms with van der Waals surface area (Å²) in [5.74, 6) is 0.123. The summed E-state index contributed by atoms with van der Waals surface area (Å²) in [6.45, 7) is 0. The molecule has 0 radical (unpaired) electrons. The van der Waals surface area contributed by atoms with E-state index in [-0.39, 0.29) is 5.82 Å². The second-order valence-corrected chi connectivity index (χ2v) is 4.63. The van der Waals surface area contributed by atoms with E-state index >= 15 is 0 Å². The Morgan fingerprint density at radius 2 is 1.71 bits per heavy atom. The summed E-state index contributed by atoms with van der Waals surface area (Å²) in [7, 11) is 0. The van der Waals surface area contributed by atoms with Crippen molar-refractivity contribution in [1.82, 2.24) is 10.2 Å². The highest BCUT2D eigenvalue weighted by Crippen LogP contribution is 2.25. The van der Waals surface area contributed by atoms with Gasteiger partial charge in [0.1, 0.15) is 5.82 Å². The predicted molar refractivity (Wildman–Crippen MR) is 82.2 cm³/mol. The number of rotatable bonds is 3. The zero-order chi connectivity index (χ0) is 14.7. The van der Waals surface area contributed by atoms with Gasteiger partial charge in [-0.15, -0.1) is 10.2 Å². The first kappa shape index (κ1) is 13.5. The van der Waals surface area contributed by atoms with Crippen molar-refractivity contribution in [2.75, 3.05) is 5.43 Å². The second-order valence-electron chi connectivity index (χ2n) is 4.28. The summed E-state index contributed by atoms with van der Waals surface area (Å²) in [6.07, 6.45) is 1.39. The molecule has 1 aromatic heterocycles. The normalized spacial score (nSPS) is 11.1. The van der Waals surface area contributed by atoms with Crippen LogP contribution >= 0.6 is 11.6 Å². The van der Waals surface area contributed by atoms with E-state index in [1.165, 1.54) is 12.3 Å². The van der Waals surface area contributed by atoms with E-state index in [9.17, 15) is 4.39 Å². The molecular formula is C15H10ClFN4. The molecule has 0 saturated heterocycles. The number of hydrogen-bond acceptors (Lipinski definition) is 4. The van der Waals surface area contributed by atoms with Gasteiger partial charge in [0.25, 0.3) is 0 Å². The number of benzene rings is 2. The molecule has 0 aliphatic rings. The number of halogens is 2. The Hall–Kier alpha value is -2.53. The third-order valence-electron chi connectivity index (χ3n) is 2.92.